The summed E-state index contributed by atoms with van der Waals surface area (Å²) < 4.78 is 32.3. The van der Waals surface area contributed by atoms with Crippen LogP contribution in [0.2, 0.25) is 0 Å². The maximum atomic E-state index is 13.4. The van der Waals surface area contributed by atoms with Crippen molar-refractivity contribution >= 4 is 15.9 Å². The molecule has 0 unspecified atom stereocenters. The van der Waals surface area contributed by atoms with Gasteiger partial charge in [-0.25, -0.2) is 13.2 Å². The number of aryl methyl sites for hydroxylation is 1. The molecule has 3 N–H and O–H groups in total. The van der Waals surface area contributed by atoms with Crippen molar-refractivity contribution in [2.45, 2.75) is 54.9 Å². The summed E-state index contributed by atoms with van der Waals surface area (Å²) in [5.74, 6) is -0.467. The first kappa shape index (κ1) is 21.3. The van der Waals surface area contributed by atoms with Gasteiger partial charge in [-0.15, -0.1) is 0 Å². The van der Waals surface area contributed by atoms with Crippen molar-refractivity contribution in [3.05, 3.63) is 65.7 Å². The highest BCUT2D eigenvalue weighted by molar-refractivity contribution is 7.92. The van der Waals surface area contributed by atoms with E-state index in [4.69, 9.17) is 10.5 Å². The van der Waals surface area contributed by atoms with Gasteiger partial charge < -0.3 is 15.8 Å². The van der Waals surface area contributed by atoms with Crippen molar-refractivity contribution in [1.29, 1.82) is 0 Å². The molecule has 3 atom stereocenters. The number of sulfone groups is 1. The highest BCUT2D eigenvalue weighted by atomic mass is 32.2. The molecule has 0 bridgehead atoms. The van der Waals surface area contributed by atoms with Crippen LogP contribution in [0.15, 0.2) is 59.5 Å². The minimum Gasteiger partial charge on any atom is -0.444 e. The van der Waals surface area contributed by atoms with Gasteiger partial charge in [0, 0.05) is 12.5 Å². The highest BCUT2D eigenvalue weighted by Gasteiger charge is 2.71. The summed E-state index contributed by atoms with van der Waals surface area (Å²) in [6.45, 7) is 7.20. The second-order valence-electron chi connectivity index (χ2n) is 8.54. The van der Waals surface area contributed by atoms with Crippen LogP contribution in [0, 0.1) is 6.92 Å². The van der Waals surface area contributed by atoms with Crippen LogP contribution in [0.5, 0.6) is 0 Å². The molecular formula is C22H28N2O4S. The number of benzene rings is 2. The van der Waals surface area contributed by atoms with E-state index in [1.165, 1.54) is 0 Å². The second kappa shape index (κ2) is 7.46. The summed E-state index contributed by atoms with van der Waals surface area (Å²) in [5, 5.41) is 1.92. The molecule has 3 rings (SSSR count). The second-order valence-corrected chi connectivity index (χ2v) is 10.6. The van der Waals surface area contributed by atoms with E-state index in [1.807, 2.05) is 31.2 Å². The van der Waals surface area contributed by atoms with Crippen LogP contribution in [-0.2, 0) is 14.6 Å². The van der Waals surface area contributed by atoms with E-state index < -0.39 is 38.2 Å². The topological polar surface area (TPSA) is 98.5 Å². The van der Waals surface area contributed by atoms with Crippen molar-refractivity contribution in [2.75, 3.05) is 6.54 Å². The van der Waals surface area contributed by atoms with Crippen molar-refractivity contribution < 1.29 is 17.9 Å². The number of hydrogen-bond donors (Lipinski definition) is 2. The van der Waals surface area contributed by atoms with Crippen LogP contribution in [0.4, 0.5) is 4.79 Å². The quantitative estimate of drug-likeness (QED) is 0.780. The molecule has 2 aromatic carbocycles. The maximum absolute atomic E-state index is 13.4. The number of hydrogen-bond acceptors (Lipinski definition) is 5. The molecule has 1 fully saturated rings. The number of carbonyl (C=O) groups excluding carboxylic acids is 1. The van der Waals surface area contributed by atoms with Crippen molar-refractivity contribution in [3.8, 4) is 0 Å². The van der Waals surface area contributed by atoms with E-state index in [-0.39, 0.29) is 11.4 Å². The SMILES string of the molecule is Cc1ccc([C@@H]2[C@@H](S(=O)(=O)c3ccccc3)[C@]2(CN)NC(=O)OC(C)(C)C)cc1. The maximum Gasteiger partial charge on any atom is 0.408 e. The van der Waals surface area contributed by atoms with Gasteiger partial charge in [0.2, 0.25) is 0 Å². The van der Waals surface area contributed by atoms with E-state index in [1.54, 1.807) is 51.1 Å². The number of nitrogens with two attached hydrogens (primary N) is 1. The highest BCUT2D eigenvalue weighted by Crippen LogP contribution is 2.56. The Morgan fingerprint density at radius 1 is 1.10 bits per heavy atom. The van der Waals surface area contributed by atoms with Crippen LogP contribution in [0.3, 0.4) is 0 Å². The summed E-state index contributed by atoms with van der Waals surface area (Å²) in [7, 11) is -3.73. The van der Waals surface area contributed by atoms with Crippen LogP contribution in [-0.4, -0.2) is 37.4 Å². The standard InChI is InChI=1S/C22H28N2O4S/c1-15-10-12-16(13-11-15)18-19(29(26,27)17-8-6-5-7-9-17)22(18,14-23)24-20(25)28-21(2,3)4/h5-13,18-19H,14,23H2,1-4H3,(H,24,25)/t18-,19-,22-/m1/s1. The molecule has 0 radical (unpaired) electrons. The van der Waals surface area contributed by atoms with E-state index in [0.29, 0.717) is 0 Å². The van der Waals surface area contributed by atoms with Crippen molar-refractivity contribution in [1.82, 2.24) is 5.32 Å². The summed E-state index contributed by atoms with van der Waals surface area (Å²) in [6, 6.07) is 15.9. The van der Waals surface area contributed by atoms with Crippen molar-refractivity contribution in [3.63, 3.8) is 0 Å². The number of ether oxygens (including phenoxy) is 1. The fourth-order valence-corrected chi connectivity index (χ4v) is 6.17. The Morgan fingerprint density at radius 3 is 2.21 bits per heavy atom. The minimum absolute atomic E-state index is 0.0263. The van der Waals surface area contributed by atoms with Gasteiger partial charge in [-0.05, 0) is 45.4 Å². The average molecular weight is 417 g/mol. The largest absolute Gasteiger partial charge is 0.444 e. The lowest BCUT2D eigenvalue weighted by Gasteiger charge is -2.24. The fourth-order valence-electron chi connectivity index (χ4n) is 3.80. The Morgan fingerprint density at radius 2 is 1.69 bits per heavy atom. The third kappa shape index (κ3) is 4.16. The monoisotopic (exact) mass is 416 g/mol. The Kier molecular flexibility index (Phi) is 5.49. The van der Waals surface area contributed by atoms with Gasteiger partial charge in [-0.1, -0.05) is 48.0 Å². The normalized spacial score (nSPS) is 24.0. The molecule has 1 aliphatic carbocycles. The molecule has 0 saturated heterocycles. The minimum atomic E-state index is -3.73. The Hall–Kier alpha value is -2.38. The summed E-state index contributed by atoms with van der Waals surface area (Å²) in [4.78, 5) is 12.7. The van der Waals surface area contributed by atoms with Gasteiger partial charge in [0.05, 0.1) is 10.4 Å². The number of carbonyl (C=O) groups is 1. The molecule has 156 valence electrons. The summed E-state index contributed by atoms with van der Waals surface area (Å²) in [6.07, 6.45) is -0.675. The first-order valence-electron chi connectivity index (χ1n) is 9.58. The Labute approximate surface area is 172 Å². The molecule has 7 heteroatoms. The predicted octanol–water partition coefficient (Wildman–Crippen LogP) is 3.16. The first-order valence-corrected chi connectivity index (χ1v) is 11.1. The predicted molar refractivity (Wildman–Crippen MR) is 112 cm³/mol. The molecule has 29 heavy (non-hydrogen) atoms. The van der Waals surface area contributed by atoms with E-state index in [2.05, 4.69) is 5.32 Å². The summed E-state index contributed by atoms with van der Waals surface area (Å²) >= 11 is 0. The van der Waals surface area contributed by atoms with E-state index in [0.717, 1.165) is 11.1 Å². The average Bonchev–Trinajstić information content (AvgIpc) is 3.31. The Balaban J connectivity index is 2.03. The molecule has 2 aromatic rings. The zero-order chi connectivity index (χ0) is 21.4. The lowest BCUT2D eigenvalue weighted by molar-refractivity contribution is 0.0497. The number of alkyl carbamates (subject to hydrolysis) is 1. The van der Waals surface area contributed by atoms with Crippen molar-refractivity contribution in [2.24, 2.45) is 5.73 Å². The first-order chi connectivity index (χ1) is 13.5. The lowest BCUT2D eigenvalue weighted by atomic mass is 10.0. The molecule has 0 aromatic heterocycles. The molecule has 6 nitrogen and oxygen atoms in total. The number of nitrogens with one attached hydrogen (secondary N) is 1. The van der Waals surface area contributed by atoms with Crippen LogP contribution in [0.25, 0.3) is 0 Å². The van der Waals surface area contributed by atoms with Gasteiger partial charge in [0.1, 0.15) is 10.9 Å². The van der Waals surface area contributed by atoms with Crippen LogP contribution >= 0.6 is 0 Å². The molecule has 0 aliphatic heterocycles. The molecular weight excluding hydrogens is 388 g/mol. The van der Waals surface area contributed by atoms with E-state index in [9.17, 15) is 13.2 Å². The number of amides is 1. The van der Waals surface area contributed by atoms with Gasteiger partial charge in [0.25, 0.3) is 0 Å². The van der Waals surface area contributed by atoms with E-state index >= 15 is 0 Å². The molecule has 1 aliphatic rings. The van der Waals surface area contributed by atoms with Gasteiger partial charge in [0.15, 0.2) is 9.84 Å². The van der Waals surface area contributed by atoms with Crippen LogP contribution in [0.1, 0.15) is 37.8 Å². The molecule has 0 spiro atoms. The third-order valence-corrected chi connectivity index (χ3v) is 7.46. The number of rotatable bonds is 5. The zero-order valence-electron chi connectivity index (χ0n) is 17.2. The smallest absolute Gasteiger partial charge is 0.408 e. The fraction of sp³-hybridized carbons (Fsp3) is 0.409. The zero-order valence-corrected chi connectivity index (χ0v) is 18.0. The van der Waals surface area contributed by atoms with Crippen LogP contribution < -0.4 is 11.1 Å². The molecule has 1 amide bonds. The van der Waals surface area contributed by atoms with Gasteiger partial charge >= 0.3 is 6.09 Å². The molecule has 1 saturated carbocycles. The molecule has 0 heterocycles. The van der Waals surface area contributed by atoms with Gasteiger partial charge in [-0.2, -0.15) is 0 Å². The third-order valence-electron chi connectivity index (χ3n) is 5.17. The Bertz CT molecular complexity index is 982. The van der Waals surface area contributed by atoms with Gasteiger partial charge in [-0.3, -0.25) is 0 Å². The lowest BCUT2D eigenvalue weighted by Crippen LogP contribution is -2.49. The summed E-state index contributed by atoms with van der Waals surface area (Å²) in [5.41, 5.74) is 6.12.